The number of pyridine rings is 4. The van der Waals surface area contributed by atoms with E-state index in [1.807, 2.05) is 11.0 Å². The van der Waals surface area contributed by atoms with Gasteiger partial charge in [0, 0.05) is 76.7 Å². The van der Waals surface area contributed by atoms with Crippen LogP contribution in [0.3, 0.4) is 0 Å². The molecule has 4 aromatic rings. The Morgan fingerprint density at radius 2 is 1.29 bits per heavy atom. The Bertz CT molecular complexity index is 2140. The van der Waals surface area contributed by atoms with Crippen molar-refractivity contribution in [2.24, 2.45) is 0 Å². The van der Waals surface area contributed by atoms with Crippen molar-refractivity contribution >= 4 is 88.1 Å². The van der Waals surface area contributed by atoms with E-state index >= 15 is 0 Å². The number of esters is 1. The molecular formula is C36H50BBr4N6NaO6S. The summed E-state index contributed by atoms with van der Waals surface area (Å²) in [5, 5.41) is 7.19. The van der Waals surface area contributed by atoms with Gasteiger partial charge in [0.2, 0.25) is 1.43 Å². The Balaban J connectivity index is 0.000000794. The van der Waals surface area contributed by atoms with Crippen LogP contribution in [0.2, 0.25) is 0 Å². The molecule has 55 heavy (non-hydrogen) atoms. The first-order valence-corrected chi connectivity index (χ1v) is 21.1. The maximum atomic E-state index is 10.9. The average Bonchev–Trinajstić information content (AvgIpc) is 3.24. The molecule has 0 spiro atoms. The summed E-state index contributed by atoms with van der Waals surface area (Å²) in [4.78, 5) is 28.1. The minimum absolute atomic E-state index is 0. The van der Waals surface area contributed by atoms with Gasteiger partial charge in [0.25, 0.3) is 10.1 Å². The van der Waals surface area contributed by atoms with E-state index in [1.165, 1.54) is 89.0 Å². The fourth-order valence-electron chi connectivity index (χ4n) is 4.16. The van der Waals surface area contributed by atoms with Crippen LogP contribution in [-0.2, 0) is 38.7 Å². The number of rotatable bonds is 8. The van der Waals surface area contributed by atoms with Crippen molar-refractivity contribution in [3.63, 3.8) is 0 Å². The zero-order chi connectivity index (χ0) is 49.5. The van der Waals surface area contributed by atoms with E-state index in [1.54, 1.807) is 24.7 Å². The number of carbonyl (C=O) groups is 1. The van der Waals surface area contributed by atoms with Gasteiger partial charge in [-0.1, -0.05) is 21.1 Å². The second-order valence-electron chi connectivity index (χ2n) is 11.0. The van der Waals surface area contributed by atoms with Gasteiger partial charge in [0.05, 0.1) is 37.5 Å². The number of aromatic nitrogens is 4. The molecule has 0 bridgehead atoms. The largest absolute Gasteiger partial charge is 1.00 e. The van der Waals surface area contributed by atoms with E-state index < -0.39 is 38.0 Å². The molecule has 298 valence electrons. The maximum absolute atomic E-state index is 10.9. The molecule has 2 saturated heterocycles. The van der Waals surface area contributed by atoms with Crippen molar-refractivity contribution in [1.29, 1.82) is 6.77 Å². The first-order chi connectivity index (χ1) is 30.1. The van der Waals surface area contributed by atoms with Crippen molar-refractivity contribution in [2.75, 3.05) is 39.5 Å². The van der Waals surface area contributed by atoms with Gasteiger partial charge in [-0.25, -0.2) is 10.1 Å². The molecule has 0 radical (unpaired) electrons. The number of likely N-dealkylation sites (tertiary alicyclic amines) is 1. The monoisotopic (exact) mass is 1060 g/mol. The van der Waals surface area contributed by atoms with Crippen LogP contribution in [0.1, 0.15) is 73.8 Å². The summed E-state index contributed by atoms with van der Waals surface area (Å²) >= 11 is 12.8. The van der Waals surface area contributed by atoms with Gasteiger partial charge in [0.1, 0.15) is 0 Å². The number of hydrogen-bond donors (Lipinski definition) is 2. The van der Waals surface area contributed by atoms with Crippen molar-refractivity contribution in [2.45, 2.75) is 58.1 Å². The molecule has 2 fully saturated rings. The van der Waals surface area contributed by atoms with Crippen molar-refractivity contribution in [1.82, 2.24) is 30.2 Å². The summed E-state index contributed by atoms with van der Waals surface area (Å²) < 4.78 is 109. The molecular weight excluding hydrogens is 998 g/mol. The number of methoxy groups -OCH3 is 1. The van der Waals surface area contributed by atoms with Crippen LogP contribution in [0, 0.1) is 0 Å². The van der Waals surface area contributed by atoms with Crippen LogP contribution in [0.15, 0.2) is 91.7 Å². The van der Waals surface area contributed by atoms with Gasteiger partial charge in [-0.05, 0) is 157 Å². The molecule has 19 heteroatoms. The molecule has 2 aliphatic heterocycles. The molecule has 12 nitrogen and oxygen atoms in total. The number of ether oxygens (including phenoxy) is 1. The summed E-state index contributed by atoms with van der Waals surface area (Å²) in [5.41, 5.74) is 1.32. The summed E-state index contributed by atoms with van der Waals surface area (Å²) in [6.45, 7) is -1.75. The predicted octanol–water partition coefficient (Wildman–Crippen LogP) is 3.43. The molecule has 2 N–H and O–H groups in total. The Morgan fingerprint density at radius 3 is 1.75 bits per heavy atom. The van der Waals surface area contributed by atoms with Gasteiger partial charge >= 0.3 is 35.5 Å². The fraction of sp³-hybridized carbons (Fsp3) is 0.417. The number of piperidine rings is 2. The molecule has 0 aliphatic carbocycles. The molecule has 6 heterocycles. The van der Waals surface area contributed by atoms with Crippen molar-refractivity contribution < 1.29 is 65.0 Å². The third-order valence-electron chi connectivity index (χ3n) is 6.52. The summed E-state index contributed by atoms with van der Waals surface area (Å²) in [6.07, 6.45) is 20.2. The molecule has 2 aliphatic rings. The van der Waals surface area contributed by atoms with E-state index in [-0.39, 0.29) is 46.7 Å². The third kappa shape index (κ3) is 27.2. The molecule has 4 aromatic heterocycles. The molecule has 6 rings (SSSR count). The first-order valence-electron chi connectivity index (χ1n) is 21.9. The zero-order valence-corrected chi connectivity index (χ0v) is 39.8. The van der Waals surface area contributed by atoms with Gasteiger partial charge in [0.15, 0.2) is 0 Å². The van der Waals surface area contributed by atoms with Crippen LogP contribution < -0.4 is 34.9 Å². The van der Waals surface area contributed by atoms with Gasteiger partial charge in [-0.15, -0.1) is 0 Å². The van der Waals surface area contributed by atoms with Gasteiger partial charge < -0.3 is 15.2 Å². The topological polar surface area (TPSA) is 157 Å². The molecule has 0 amide bonds. The first kappa shape index (κ1) is 36.9. The number of hydrogen-bond acceptors (Lipinski definition) is 12. The quantitative estimate of drug-likeness (QED) is 0.151. The molecule has 0 atom stereocenters. The standard InChI is InChI=1S/C11H15BrN2.C7H8BrNO3S.C7H6BrNO2.C6H6BrNO.C5H11N.BH4.Na/c12-11-6-10(7-13-8-11)9-14-4-2-1-3-5-14;1-13(10,11)12-5-6-2-7(8)4-9-3-6;1-11-7(10)5-2-6(8)4-9-3-5;7-6-1-5(4-9)2-8-3-6;1-2-4-6-5-3-1;;/h6-8H,1-5,9H2;2-4H,5H2,1H3;2-4H,1H3;1-3,9H,4H2;6H,1-5H2;1H4;/q;;;;;-1;+1/i9D2;5D2;;4D2,9D;;1D4;. The van der Waals surface area contributed by atoms with Gasteiger partial charge in [-0.3, -0.25) is 29.0 Å². The average molecular weight is 1060 g/mol. The molecule has 0 unspecified atom stereocenters. The fourth-order valence-corrected chi connectivity index (χ4v) is 5.87. The number of halogens is 4. The zero-order valence-electron chi connectivity index (χ0n) is 41.7. The van der Waals surface area contributed by atoms with Gasteiger partial charge in [-0.2, -0.15) is 8.42 Å². The minimum atomic E-state index is -3.86. The van der Waals surface area contributed by atoms with Crippen LogP contribution in [0.4, 0.5) is 0 Å². The number of nitrogens with one attached hydrogen (secondary N) is 1. The molecule has 0 saturated carbocycles. The Morgan fingerprint density at radius 1 is 0.818 bits per heavy atom. The maximum Gasteiger partial charge on any atom is 1.00 e. The number of nitrogens with zero attached hydrogens (tertiary/aromatic N) is 5. The van der Waals surface area contributed by atoms with E-state index in [0.717, 1.165) is 41.1 Å². The minimum Gasteiger partial charge on any atom is -0.465 e. The SMILES string of the molecule is C1CCNCC1.COC(=O)c1cncc(Br)c1.[2H]C([2H])(OS(C)(=O)=O)c1cncc(Br)c1.[2H]C([2H])(c1cncc(Br)c1)N1CCCCC1.[2H]OC([2H])([2H])c1cncc(Br)c1.[2H][B-]([2H])([2H])[2H].[Na+]. The van der Waals surface area contributed by atoms with E-state index in [0.29, 0.717) is 20.1 Å². The summed E-state index contributed by atoms with van der Waals surface area (Å²) in [6, 6.07) is 6.38. The smallest absolute Gasteiger partial charge is 0.465 e. The Labute approximate surface area is 398 Å². The molecule has 0 aromatic carbocycles. The number of carbonyl (C=O) groups excluding carboxylic acids is 1. The van der Waals surface area contributed by atoms with Crippen molar-refractivity contribution in [3.8, 4) is 0 Å². The Kier molecular flexibility index (Phi) is 21.3. The second kappa shape index (κ2) is 31.8. The summed E-state index contributed by atoms with van der Waals surface area (Å²) in [5.74, 6) is -0.376. The van der Waals surface area contributed by atoms with Crippen LogP contribution in [0.5, 0.6) is 0 Å². The van der Waals surface area contributed by atoms with Crippen LogP contribution >= 0.6 is 63.7 Å². The normalized spacial score (nSPS) is 17.2. The van der Waals surface area contributed by atoms with E-state index in [2.05, 4.69) is 103 Å². The summed E-state index contributed by atoms with van der Waals surface area (Å²) in [7, 11) is -5.52. The van der Waals surface area contributed by atoms with Crippen LogP contribution in [-0.4, -0.2) is 98.9 Å². The number of aliphatic hydroxyl groups is 1. The van der Waals surface area contributed by atoms with E-state index in [4.69, 9.17) is 15.0 Å². The van der Waals surface area contributed by atoms with E-state index in [9.17, 15) is 13.2 Å². The predicted molar refractivity (Wildman–Crippen MR) is 232 cm³/mol. The van der Waals surface area contributed by atoms with Crippen molar-refractivity contribution in [3.05, 3.63) is 114 Å². The second-order valence-corrected chi connectivity index (χ2v) is 16.3. The Hall–Kier alpha value is -1.16. The van der Waals surface area contributed by atoms with Crippen LogP contribution in [0.25, 0.3) is 0 Å². The third-order valence-corrected chi connectivity index (χ3v) is 8.64.